The zero-order valence-electron chi connectivity index (χ0n) is 12.7. The van der Waals surface area contributed by atoms with Gasteiger partial charge in [0.2, 0.25) is 5.91 Å². The van der Waals surface area contributed by atoms with Gasteiger partial charge in [-0.25, -0.2) is 0 Å². The number of nitrogens with zero attached hydrogens (tertiary/aromatic N) is 1. The van der Waals surface area contributed by atoms with Crippen molar-refractivity contribution in [3.05, 3.63) is 35.4 Å². The van der Waals surface area contributed by atoms with Crippen molar-refractivity contribution < 1.29 is 9.90 Å². The maximum absolute atomic E-state index is 12.2. The molecule has 0 heterocycles. The molecular formula is C17H25NO2. The zero-order chi connectivity index (χ0) is 14.7. The Morgan fingerprint density at radius 1 is 1.40 bits per heavy atom. The fraction of sp³-hybridized carbons (Fsp3) is 0.588. The van der Waals surface area contributed by atoms with E-state index >= 15 is 0 Å². The number of hydrogen-bond donors (Lipinski definition) is 1. The summed E-state index contributed by atoms with van der Waals surface area (Å²) in [6.45, 7) is 4.63. The highest BCUT2D eigenvalue weighted by atomic mass is 16.3. The molecule has 1 aromatic carbocycles. The first-order valence-electron chi connectivity index (χ1n) is 7.46. The van der Waals surface area contributed by atoms with Crippen LogP contribution in [0.1, 0.15) is 43.2 Å². The quantitative estimate of drug-likeness (QED) is 0.867. The van der Waals surface area contributed by atoms with E-state index in [0.29, 0.717) is 18.9 Å². The van der Waals surface area contributed by atoms with Crippen molar-refractivity contribution in [3.8, 4) is 0 Å². The second kappa shape index (κ2) is 6.40. The van der Waals surface area contributed by atoms with Gasteiger partial charge in [0.1, 0.15) is 0 Å². The molecule has 3 heteroatoms. The van der Waals surface area contributed by atoms with Crippen molar-refractivity contribution in [3.63, 3.8) is 0 Å². The van der Waals surface area contributed by atoms with Crippen LogP contribution >= 0.6 is 0 Å². The van der Waals surface area contributed by atoms with Gasteiger partial charge in [-0.1, -0.05) is 31.2 Å². The molecule has 0 radical (unpaired) electrons. The molecule has 0 saturated heterocycles. The summed E-state index contributed by atoms with van der Waals surface area (Å²) in [5.41, 5.74) is 2.46. The zero-order valence-corrected chi connectivity index (χ0v) is 12.7. The van der Waals surface area contributed by atoms with E-state index in [1.54, 1.807) is 11.9 Å². The summed E-state index contributed by atoms with van der Waals surface area (Å²) in [7, 11) is 1.79. The molecule has 2 unspecified atom stereocenters. The van der Waals surface area contributed by atoms with Crippen molar-refractivity contribution >= 4 is 5.91 Å². The number of likely N-dealkylation sites (N-methyl/N-ethyl adjacent to an activating group) is 1. The van der Waals surface area contributed by atoms with Gasteiger partial charge in [0.05, 0.1) is 6.10 Å². The molecule has 110 valence electrons. The molecule has 3 nitrogen and oxygen atoms in total. The summed E-state index contributed by atoms with van der Waals surface area (Å²) in [4.78, 5) is 13.9. The van der Waals surface area contributed by atoms with Crippen LogP contribution in [0.4, 0.5) is 0 Å². The third-order valence-corrected chi connectivity index (χ3v) is 4.25. The highest BCUT2D eigenvalue weighted by molar-refractivity contribution is 5.76. The number of carbonyl (C=O) groups is 1. The van der Waals surface area contributed by atoms with Gasteiger partial charge in [-0.05, 0) is 42.7 Å². The standard InChI is InChI=1S/C17H25NO2/c1-12-6-4-5-7-15(12)13(2)10-17(20)18(3)11-16(19)14-8-9-14/h4-7,13-14,16,19H,8-11H2,1-3H3. The predicted octanol–water partition coefficient (Wildman–Crippen LogP) is 2.72. The van der Waals surface area contributed by atoms with Gasteiger partial charge in [-0.15, -0.1) is 0 Å². The summed E-state index contributed by atoms with van der Waals surface area (Å²) >= 11 is 0. The molecule has 1 N–H and O–H groups in total. The lowest BCUT2D eigenvalue weighted by atomic mass is 9.93. The second-order valence-electron chi connectivity index (χ2n) is 6.14. The van der Waals surface area contributed by atoms with Gasteiger partial charge >= 0.3 is 0 Å². The van der Waals surface area contributed by atoms with Gasteiger partial charge in [0.25, 0.3) is 0 Å². The summed E-state index contributed by atoms with van der Waals surface area (Å²) in [5.74, 6) is 0.740. The van der Waals surface area contributed by atoms with E-state index in [1.165, 1.54) is 11.1 Å². The summed E-state index contributed by atoms with van der Waals surface area (Å²) in [5, 5.41) is 9.91. The molecule has 1 fully saturated rings. The molecule has 1 aliphatic rings. The van der Waals surface area contributed by atoms with Crippen molar-refractivity contribution in [1.29, 1.82) is 0 Å². The minimum absolute atomic E-state index is 0.112. The first-order chi connectivity index (χ1) is 9.49. The van der Waals surface area contributed by atoms with Gasteiger partial charge in [0.15, 0.2) is 0 Å². The molecule has 1 saturated carbocycles. The van der Waals surface area contributed by atoms with E-state index in [0.717, 1.165) is 12.8 Å². The number of amides is 1. The van der Waals surface area contributed by atoms with Crippen molar-refractivity contribution in [2.45, 2.75) is 45.1 Å². The molecule has 1 aliphatic carbocycles. The first-order valence-corrected chi connectivity index (χ1v) is 7.46. The summed E-state index contributed by atoms with van der Waals surface area (Å²) in [6, 6.07) is 8.21. The number of benzene rings is 1. The minimum atomic E-state index is -0.349. The molecule has 1 amide bonds. The van der Waals surface area contributed by atoms with E-state index in [9.17, 15) is 9.90 Å². The van der Waals surface area contributed by atoms with Crippen LogP contribution in [0.5, 0.6) is 0 Å². The maximum atomic E-state index is 12.2. The molecular weight excluding hydrogens is 250 g/mol. The first kappa shape index (κ1) is 15.0. The number of aryl methyl sites for hydroxylation is 1. The number of aliphatic hydroxyl groups is 1. The topological polar surface area (TPSA) is 40.5 Å². The third-order valence-electron chi connectivity index (χ3n) is 4.25. The lowest BCUT2D eigenvalue weighted by molar-refractivity contribution is -0.131. The van der Waals surface area contributed by atoms with Crippen LogP contribution < -0.4 is 0 Å². The predicted molar refractivity (Wildman–Crippen MR) is 80.6 cm³/mol. The van der Waals surface area contributed by atoms with E-state index in [4.69, 9.17) is 0 Å². The van der Waals surface area contributed by atoms with Gasteiger partial charge in [-0.3, -0.25) is 4.79 Å². The van der Waals surface area contributed by atoms with Crippen LogP contribution in [0, 0.1) is 12.8 Å². The average Bonchev–Trinajstić information content (AvgIpc) is 3.23. The number of aliphatic hydroxyl groups excluding tert-OH is 1. The van der Waals surface area contributed by atoms with Gasteiger partial charge < -0.3 is 10.0 Å². The smallest absolute Gasteiger partial charge is 0.223 e. The number of hydrogen-bond acceptors (Lipinski definition) is 2. The Morgan fingerprint density at radius 3 is 2.65 bits per heavy atom. The maximum Gasteiger partial charge on any atom is 0.223 e. The Labute approximate surface area is 121 Å². The lowest BCUT2D eigenvalue weighted by Crippen LogP contribution is -2.35. The van der Waals surface area contributed by atoms with Crippen LogP contribution in [0.2, 0.25) is 0 Å². The van der Waals surface area contributed by atoms with Crippen molar-refractivity contribution in [2.24, 2.45) is 5.92 Å². The monoisotopic (exact) mass is 275 g/mol. The van der Waals surface area contributed by atoms with Gasteiger partial charge in [-0.2, -0.15) is 0 Å². The van der Waals surface area contributed by atoms with Crippen LogP contribution in [-0.4, -0.2) is 35.6 Å². The summed E-state index contributed by atoms with van der Waals surface area (Å²) in [6.07, 6.45) is 2.35. The molecule has 0 aliphatic heterocycles. The van der Waals surface area contributed by atoms with Gasteiger partial charge in [0, 0.05) is 20.0 Å². The highest BCUT2D eigenvalue weighted by Crippen LogP contribution is 2.33. The molecule has 0 aromatic heterocycles. The molecule has 0 spiro atoms. The van der Waals surface area contributed by atoms with E-state index < -0.39 is 0 Å². The molecule has 0 bridgehead atoms. The van der Waals surface area contributed by atoms with Crippen LogP contribution in [0.3, 0.4) is 0 Å². The second-order valence-corrected chi connectivity index (χ2v) is 6.14. The Hall–Kier alpha value is -1.35. The number of carbonyl (C=O) groups excluding carboxylic acids is 1. The Morgan fingerprint density at radius 2 is 2.05 bits per heavy atom. The summed E-state index contributed by atoms with van der Waals surface area (Å²) < 4.78 is 0. The fourth-order valence-corrected chi connectivity index (χ4v) is 2.68. The Kier molecular flexibility index (Phi) is 4.81. The largest absolute Gasteiger partial charge is 0.391 e. The van der Waals surface area contributed by atoms with E-state index in [1.807, 2.05) is 12.1 Å². The number of rotatable bonds is 6. The minimum Gasteiger partial charge on any atom is -0.391 e. The molecule has 2 rings (SSSR count). The molecule has 20 heavy (non-hydrogen) atoms. The fourth-order valence-electron chi connectivity index (χ4n) is 2.68. The average molecular weight is 275 g/mol. The van der Waals surface area contributed by atoms with Crippen LogP contribution in [0.15, 0.2) is 24.3 Å². The Balaban J connectivity index is 1.88. The van der Waals surface area contributed by atoms with Crippen molar-refractivity contribution in [1.82, 2.24) is 4.90 Å². The van der Waals surface area contributed by atoms with Crippen molar-refractivity contribution in [2.75, 3.05) is 13.6 Å². The SMILES string of the molecule is Cc1ccccc1C(C)CC(=O)N(C)CC(O)C1CC1. The van der Waals surface area contributed by atoms with Crippen LogP contribution in [0.25, 0.3) is 0 Å². The third kappa shape index (κ3) is 3.83. The highest BCUT2D eigenvalue weighted by Gasteiger charge is 2.31. The van der Waals surface area contributed by atoms with Crippen LogP contribution in [-0.2, 0) is 4.79 Å². The van der Waals surface area contributed by atoms with E-state index in [-0.39, 0.29) is 17.9 Å². The lowest BCUT2D eigenvalue weighted by Gasteiger charge is -2.23. The Bertz CT molecular complexity index is 468. The van der Waals surface area contributed by atoms with E-state index in [2.05, 4.69) is 26.0 Å². The molecule has 2 atom stereocenters. The molecule has 1 aromatic rings. The normalized spacial score (nSPS) is 17.6.